The van der Waals surface area contributed by atoms with Gasteiger partial charge in [0.05, 0.1) is 24.6 Å². The number of piperidine rings is 1. The van der Waals surface area contributed by atoms with Crippen molar-refractivity contribution in [1.29, 1.82) is 0 Å². The average molecular weight is 389 g/mol. The SMILES string of the molecule is NC(=O)[C@@H]1CCCN(C(=O)COC(=O)CN2C(=O)CCOc3ccccc32)C1. The van der Waals surface area contributed by atoms with Gasteiger partial charge in [-0.1, -0.05) is 12.1 Å². The summed E-state index contributed by atoms with van der Waals surface area (Å²) in [6.45, 7) is 0.216. The maximum absolute atomic E-state index is 12.3. The molecule has 2 aliphatic heterocycles. The standard InChI is InChI=1S/C19H23N3O6/c20-19(26)13-4-3-8-21(10-13)17(24)12-28-18(25)11-22-14-5-1-2-6-15(14)27-9-7-16(22)23/h1-2,5-6,13H,3-4,7-12H2,(H2,20,26)/t13-/m1/s1. The highest BCUT2D eigenvalue weighted by Crippen LogP contribution is 2.30. The molecule has 0 spiro atoms. The molecule has 1 aromatic carbocycles. The molecule has 28 heavy (non-hydrogen) atoms. The molecule has 9 nitrogen and oxygen atoms in total. The molecule has 0 saturated carbocycles. The van der Waals surface area contributed by atoms with Gasteiger partial charge in [0, 0.05) is 13.1 Å². The molecule has 150 valence electrons. The number of primary amides is 1. The molecule has 1 saturated heterocycles. The Kier molecular flexibility index (Phi) is 6.13. The fourth-order valence-electron chi connectivity index (χ4n) is 3.34. The third-order valence-corrected chi connectivity index (χ3v) is 4.85. The van der Waals surface area contributed by atoms with Crippen molar-refractivity contribution in [3.63, 3.8) is 0 Å². The number of ether oxygens (including phenoxy) is 2. The summed E-state index contributed by atoms with van der Waals surface area (Å²) in [5, 5.41) is 0. The molecule has 0 aromatic heterocycles. The summed E-state index contributed by atoms with van der Waals surface area (Å²) in [4.78, 5) is 50.9. The second-order valence-electron chi connectivity index (χ2n) is 6.79. The van der Waals surface area contributed by atoms with Gasteiger partial charge in [-0.15, -0.1) is 0 Å². The molecule has 0 bridgehead atoms. The smallest absolute Gasteiger partial charge is 0.326 e. The lowest BCUT2D eigenvalue weighted by Crippen LogP contribution is -2.46. The van der Waals surface area contributed by atoms with Crippen molar-refractivity contribution in [2.45, 2.75) is 19.3 Å². The minimum Gasteiger partial charge on any atom is -0.491 e. The average Bonchev–Trinajstić information content (AvgIpc) is 2.85. The Balaban J connectivity index is 1.56. The minimum atomic E-state index is -0.693. The van der Waals surface area contributed by atoms with Crippen molar-refractivity contribution in [2.75, 3.05) is 37.7 Å². The number of anilines is 1. The maximum Gasteiger partial charge on any atom is 0.326 e. The quantitative estimate of drug-likeness (QED) is 0.712. The van der Waals surface area contributed by atoms with E-state index in [4.69, 9.17) is 15.2 Å². The first-order valence-corrected chi connectivity index (χ1v) is 9.20. The Bertz CT molecular complexity index is 781. The van der Waals surface area contributed by atoms with Gasteiger partial charge in [0.1, 0.15) is 12.3 Å². The fraction of sp³-hybridized carbons (Fsp3) is 0.474. The fourth-order valence-corrected chi connectivity index (χ4v) is 3.34. The van der Waals surface area contributed by atoms with Crippen LogP contribution in [0, 0.1) is 5.92 Å². The number of hydrogen-bond donors (Lipinski definition) is 1. The Morgan fingerprint density at radius 3 is 2.82 bits per heavy atom. The molecule has 3 amide bonds. The van der Waals surface area contributed by atoms with Crippen LogP contribution in [0.15, 0.2) is 24.3 Å². The summed E-state index contributed by atoms with van der Waals surface area (Å²) in [6, 6.07) is 6.94. The topological polar surface area (TPSA) is 119 Å². The molecule has 1 aromatic rings. The second kappa shape index (κ2) is 8.73. The Hall–Kier alpha value is -3.10. The van der Waals surface area contributed by atoms with Gasteiger partial charge >= 0.3 is 5.97 Å². The molecule has 1 fully saturated rings. The zero-order valence-electron chi connectivity index (χ0n) is 15.5. The van der Waals surface area contributed by atoms with Crippen molar-refractivity contribution in [1.82, 2.24) is 4.90 Å². The summed E-state index contributed by atoms with van der Waals surface area (Å²) in [7, 11) is 0. The van der Waals surface area contributed by atoms with Gasteiger partial charge in [0.15, 0.2) is 6.61 Å². The van der Waals surface area contributed by atoms with Crippen molar-refractivity contribution in [3.05, 3.63) is 24.3 Å². The molecule has 2 heterocycles. The van der Waals surface area contributed by atoms with Gasteiger partial charge in [-0.2, -0.15) is 0 Å². The molecule has 0 aliphatic carbocycles. The summed E-state index contributed by atoms with van der Waals surface area (Å²) in [6.07, 6.45) is 1.47. The lowest BCUT2D eigenvalue weighted by molar-refractivity contribution is -0.152. The zero-order valence-corrected chi connectivity index (χ0v) is 15.5. The van der Waals surface area contributed by atoms with Crippen LogP contribution in [0.4, 0.5) is 5.69 Å². The van der Waals surface area contributed by atoms with Crippen LogP contribution >= 0.6 is 0 Å². The molecule has 1 atom stereocenters. The normalized spacial score (nSPS) is 19.3. The Labute approximate surface area is 162 Å². The predicted octanol–water partition coefficient (Wildman–Crippen LogP) is 0.0692. The monoisotopic (exact) mass is 389 g/mol. The van der Waals surface area contributed by atoms with E-state index < -0.39 is 18.5 Å². The van der Waals surface area contributed by atoms with Gasteiger partial charge in [-0.05, 0) is 25.0 Å². The minimum absolute atomic E-state index is 0.142. The Morgan fingerprint density at radius 1 is 1.25 bits per heavy atom. The number of nitrogens with zero attached hydrogens (tertiary/aromatic N) is 2. The highest BCUT2D eigenvalue weighted by molar-refractivity contribution is 5.99. The van der Waals surface area contributed by atoms with Crippen molar-refractivity contribution < 1.29 is 28.7 Å². The van der Waals surface area contributed by atoms with E-state index in [9.17, 15) is 19.2 Å². The number of carbonyl (C=O) groups is 4. The van der Waals surface area contributed by atoms with Gasteiger partial charge < -0.3 is 20.1 Å². The molecule has 2 aliphatic rings. The van der Waals surface area contributed by atoms with Gasteiger partial charge in [-0.3, -0.25) is 24.1 Å². The number of esters is 1. The highest BCUT2D eigenvalue weighted by Gasteiger charge is 2.29. The molecule has 0 unspecified atom stereocenters. The van der Waals surface area contributed by atoms with Crippen molar-refractivity contribution in [3.8, 4) is 5.75 Å². The van der Waals surface area contributed by atoms with Crippen LogP contribution < -0.4 is 15.4 Å². The first-order chi connectivity index (χ1) is 13.5. The van der Waals surface area contributed by atoms with E-state index in [1.165, 1.54) is 9.80 Å². The summed E-state index contributed by atoms with van der Waals surface area (Å²) < 4.78 is 10.6. The van der Waals surface area contributed by atoms with Gasteiger partial charge in [0.25, 0.3) is 5.91 Å². The third-order valence-electron chi connectivity index (χ3n) is 4.85. The Morgan fingerprint density at radius 2 is 2.04 bits per heavy atom. The third kappa shape index (κ3) is 4.59. The van der Waals surface area contributed by atoms with Crippen LogP contribution in [-0.2, 0) is 23.9 Å². The number of carbonyl (C=O) groups excluding carboxylic acids is 4. The van der Waals surface area contributed by atoms with E-state index in [1.807, 2.05) is 0 Å². The van der Waals surface area contributed by atoms with Crippen LogP contribution in [0.3, 0.4) is 0 Å². The molecule has 9 heteroatoms. The predicted molar refractivity (Wildman–Crippen MR) is 98.4 cm³/mol. The lowest BCUT2D eigenvalue weighted by Gasteiger charge is -2.31. The van der Waals surface area contributed by atoms with E-state index >= 15 is 0 Å². The molecule has 2 N–H and O–H groups in total. The van der Waals surface area contributed by atoms with Crippen LogP contribution in [0.2, 0.25) is 0 Å². The summed E-state index contributed by atoms with van der Waals surface area (Å²) in [5.41, 5.74) is 5.80. The van der Waals surface area contributed by atoms with Gasteiger partial charge in [-0.25, -0.2) is 0 Å². The summed E-state index contributed by atoms with van der Waals surface area (Å²) >= 11 is 0. The number of rotatable bonds is 5. The first kappa shape index (κ1) is 19.7. The largest absolute Gasteiger partial charge is 0.491 e. The van der Waals surface area contributed by atoms with Crippen LogP contribution in [0.5, 0.6) is 5.75 Å². The van der Waals surface area contributed by atoms with Crippen molar-refractivity contribution in [2.24, 2.45) is 11.7 Å². The number of nitrogens with two attached hydrogens (primary N) is 1. The van der Waals surface area contributed by atoms with Crippen LogP contribution in [0.25, 0.3) is 0 Å². The number of fused-ring (bicyclic) bond motifs is 1. The van der Waals surface area contributed by atoms with Gasteiger partial charge in [0.2, 0.25) is 11.8 Å². The molecule has 3 rings (SSSR count). The summed E-state index contributed by atoms with van der Waals surface area (Å²) in [5.74, 6) is -1.63. The number of para-hydroxylation sites is 2. The van der Waals surface area contributed by atoms with E-state index in [0.717, 1.165) is 0 Å². The van der Waals surface area contributed by atoms with Crippen LogP contribution in [-0.4, -0.2) is 61.4 Å². The van der Waals surface area contributed by atoms with E-state index in [-0.39, 0.29) is 43.8 Å². The first-order valence-electron chi connectivity index (χ1n) is 9.20. The van der Waals surface area contributed by atoms with E-state index in [1.54, 1.807) is 24.3 Å². The van der Waals surface area contributed by atoms with Crippen molar-refractivity contribution >= 4 is 29.4 Å². The number of likely N-dealkylation sites (tertiary alicyclic amines) is 1. The lowest BCUT2D eigenvalue weighted by atomic mass is 9.97. The molecule has 0 radical (unpaired) electrons. The number of benzene rings is 1. The van der Waals surface area contributed by atoms with Crippen LogP contribution in [0.1, 0.15) is 19.3 Å². The molecular weight excluding hydrogens is 366 g/mol. The highest BCUT2D eigenvalue weighted by atomic mass is 16.5. The second-order valence-corrected chi connectivity index (χ2v) is 6.79. The van der Waals surface area contributed by atoms with E-state index in [0.29, 0.717) is 30.8 Å². The number of hydrogen-bond acceptors (Lipinski definition) is 6. The maximum atomic E-state index is 12.3. The van der Waals surface area contributed by atoms with E-state index in [2.05, 4.69) is 0 Å². The zero-order chi connectivity index (χ0) is 20.1. The number of amides is 3. The molecular formula is C19H23N3O6.